The van der Waals surface area contributed by atoms with Crippen molar-refractivity contribution in [3.63, 3.8) is 0 Å². The first kappa shape index (κ1) is 11.6. The van der Waals surface area contributed by atoms with Crippen molar-refractivity contribution in [3.8, 4) is 16.9 Å². The van der Waals surface area contributed by atoms with E-state index in [0.717, 1.165) is 26.5 Å². The fourth-order valence-electron chi connectivity index (χ4n) is 2.07. The maximum atomic E-state index is 9.93. The highest BCUT2D eigenvalue weighted by Crippen LogP contribution is 2.40. The molecule has 2 nitrogen and oxygen atoms in total. The Kier molecular flexibility index (Phi) is 2.80. The summed E-state index contributed by atoms with van der Waals surface area (Å²) in [5.74, 6) is 0.245. The van der Waals surface area contributed by atoms with Gasteiger partial charge in [0.1, 0.15) is 5.75 Å². The predicted octanol–water partition coefficient (Wildman–Crippen LogP) is 4.96. The number of fused-ring (bicyclic) bond motifs is 1. The van der Waals surface area contributed by atoms with Gasteiger partial charge in [0.05, 0.1) is 5.02 Å². The number of phenols is 1. The van der Waals surface area contributed by atoms with Crippen LogP contribution >= 0.6 is 27.5 Å². The fraction of sp³-hybridized carbons (Fsp3) is 0. The zero-order chi connectivity index (χ0) is 12.7. The second kappa shape index (κ2) is 4.34. The standard InChI is InChI=1S/C14H9BrClNO/c15-10-5-6-11-13(14(10)16)9(7-17-11)8-3-1-2-4-12(8)18/h1-7,17-18H. The zero-order valence-corrected chi connectivity index (χ0v) is 11.6. The zero-order valence-electron chi connectivity index (χ0n) is 9.24. The molecule has 1 heterocycles. The number of aromatic nitrogens is 1. The predicted molar refractivity (Wildman–Crippen MR) is 78.1 cm³/mol. The molecule has 0 saturated carbocycles. The molecule has 3 aromatic rings. The Morgan fingerprint density at radius 3 is 2.61 bits per heavy atom. The van der Waals surface area contributed by atoms with E-state index in [9.17, 15) is 5.11 Å². The van der Waals surface area contributed by atoms with E-state index in [2.05, 4.69) is 20.9 Å². The Labute approximate surface area is 117 Å². The lowest BCUT2D eigenvalue weighted by molar-refractivity contribution is 0.477. The molecule has 4 heteroatoms. The number of phenolic OH excluding ortho intramolecular Hbond substituents is 1. The maximum Gasteiger partial charge on any atom is 0.123 e. The molecule has 0 fully saturated rings. The lowest BCUT2D eigenvalue weighted by atomic mass is 10.0. The number of benzene rings is 2. The van der Waals surface area contributed by atoms with E-state index < -0.39 is 0 Å². The first-order valence-corrected chi connectivity index (χ1v) is 6.59. The third-order valence-electron chi connectivity index (χ3n) is 2.93. The number of aromatic amines is 1. The van der Waals surface area contributed by atoms with E-state index in [4.69, 9.17) is 11.6 Å². The first-order chi connectivity index (χ1) is 8.68. The van der Waals surface area contributed by atoms with Crippen molar-refractivity contribution in [1.29, 1.82) is 0 Å². The Morgan fingerprint density at radius 2 is 1.83 bits per heavy atom. The summed E-state index contributed by atoms with van der Waals surface area (Å²) in [7, 11) is 0. The summed E-state index contributed by atoms with van der Waals surface area (Å²) < 4.78 is 0.841. The van der Waals surface area contributed by atoms with Crippen LogP contribution in [0.15, 0.2) is 47.1 Å². The van der Waals surface area contributed by atoms with Crippen LogP contribution in [0.1, 0.15) is 0 Å². The van der Waals surface area contributed by atoms with Gasteiger partial charge in [-0.3, -0.25) is 0 Å². The summed E-state index contributed by atoms with van der Waals surface area (Å²) in [6, 6.07) is 11.1. The minimum Gasteiger partial charge on any atom is -0.507 e. The van der Waals surface area contributed by atoms with Crippen LogP contribution in [0, 0.1) is 0 Å². The summed E-state index contributed by atoms with van der Waals surface area (Å²) in [4.78, 5) is 3.17. The number of halogens is 2. The van der Waals surface area contributed by atoms with Gasteiger partial charge in [0, 0.05) is 32.7 Å². The molecule has 0 bridgehead atoms. The highest BCUT2D eigenvalue weighted by Gasteiger charge is 2.13. The van der Waals surface area contributed by atoms with Crippen LogP contribution in [-0.4, -0.2) is 10.1 Å². The molecule has 2 aromatic carbocycles. The quantitative estimate of drug-likeness (QED) is 0.653. The van der Waals surface area contributed by atoms with E-state index in [1.807, 2.05) is 30.5 Å². The van der Waals surface area contributed by atoms with Gasteiger partial charge in [0.2, 0.25) is 0 Å². The molecule has 3 rings (SSSR count). The highest BCUT2D eigenvalue weighted by molar-refractivity contribution is 9.10. The minimum atomic E-state index is 0.245. The molecule has 0 amide bonds. The van der Waals surface area contributed by atoms with Gasteiger partial charge in [-0.05, 0) is 34.1 Å². The van der Waals surface area contributed by atoms with E-state index in [1.165, 1.54) is 0 Å². The largest absolute Gasteiger partial charge is 0.507 e. The number of hydrogen-bond acceptors (Lipinski definition) is 1. The summed E-state index contributed by atoms with van der Waals surface area (Å²) in [6.07, 6.45) is 1.86. The van der Waals surface area contributed by atoms with E-state index in [1.54, 1.807) is 12.1 Å². The van der Waals surface area contributed by atoms with Crippen molar-refractivity contribution in [1.82, 2.24) is 4.98 Å². The van der Waals surface area contributed by atoms with Gasteiger partial charge in [-0.1, -0.05) is 29.8 Å². The van der Waals surface area contributed by atoms with Gasteiger partial charge in [-0.15, -0.1) is 0 Å². The molecule has 18 heavy (non-hydrogen) atoms. The molecule has 0 aliphatic rings. The molecule has 1 aromatic heterocycles. The highest BCUT2D eigenvalue weighted by atomic mass is 79.9. The molecule has 2 N–H and O–H groups in total. The van der Waals surface area contributed by atoms with E-state index in [-0.39, 0.29) is 5.75 Å². The second-order valence-electron chi connectivity index (χ2n) is 4.00. The Bertz CT molecular complexity index is 736. The Morgan fingerprint density at radius 1 is 1.06 bits per heavy atom. The summed E-state index contributed by atoms with van der Waals surface area (Å²) in [5, 5.41) is 11.5. The number of H-pyrrole nitrogens is 1. The summed E-state index contributed by atoms with van der Waals surface area (Å²) in [5.41, 5.74) is 2.61. The lowest BCUT2D eigenvalue weighted by Gasteiger charge is -2.05. The fourth-order valence-corrected chi connectivity index (χ4v) is 2.67. The van der Waals surface area contributed by atoms with Gasteiger partial charge in [0.15, 0.2) is 0 Å². The van der Waals surface area contributed by atoms with Gasteiger partial charge >= 0.3 is 0 Å². The Hall–Kier alpha value is -1.45. The third kappa shape index (κ3) is 1.71. The van der Waals surface area contributed by atoms with Crippen molar-refractivity contribution >= 4 is 38.4 Å². The lowest BCUT2D eigenvalue weighted by Crippen LogP contribution is -1.78. The van der Waals surface area contributed by atoms with Crippen LogP contribution in [0.3, 0.4) is 0 Å². The smallest absolute Gasteiger partial charge is 0.123 e. The third-order valence-corrected chi connectivity index (χ3v) is 4.21. The molecule has 0 aliphatic heterocycles. The molecular formula is C14H9BrClNO. The van der Waals surface area contributed by atoms with Gasteiger partial charge < -0.3 is 10.1 Å². The van der Waals surface area contributed by atoms with Gasteiger partial charge in [-0.25, -0.2) is 0 Å². The van der Waals surface area contributed by atoms with E-state index in [0.29, 0.717) is 5.02 Å². The normalized spacial score (nSPS) is 11.0. The molecule has 0 saturated heterocycles. The molecule has 0 unspecified atom stereocenters. The maximum absolute atomic E-state index is 9.93. The number of aromatic hydroxyl groups is 1. The first-order valence-electron chi connectivity index (χ1n) is 5.42. The number of para-hydroxylation sites is 1. The van der Waals surface area contributed by atoms with E-state index >= 15 is 0 Å². The summed E-state index contributed by atoms with van der Waals surface area (Å²) >= 11 is 9.74. The van der Waals surface area contributed by atoms with Gasteiger partial charge in [-0.2, -0.15) is 0 Å². The van der Waals surface area contributed by atoms with Crippen molar-refractivity contribution in [2.24, 2.45) is 0 Å². The minimum absolute atomic E-state index is 0.245. The second-order valence-corrected chi connectivity index (χ2v) is 5.24. The topological polar surface area (TPSA) is 36.0 Å². The molecule has 0 spiro atoms. The van der Waals surface area contributed by atoms with Crippen LogP contribution in [0.4, 0.5) is 0 Å². The Balaban J connectivity index is 2.37. The number of nitrogens with one attached hydrogen (secondary N) is 1. The number of rotatable bonds is 1. The average molecular weight is 323 g/mol. The molecule has 0 aliphatic carbocycles. The van der Waals surface area contributed by atoms with Crippen LogP contribution in [0.2, 0.25) is 5.02 Å². The SMILES string of the molecule is Oc1ccccc1-c1c[nH]c2ccc(Br)c(Cl)c12. The monoisotopic (exact) mass is 321 g/mol. The van der Waals surface area contributed by atoms with Crippen LogP contribution in [0.5, 0.6) is 5.75 Å². The molecular weight excluding hydrogens is 314 g/mol. The van der Waals surface area contributed by atoms with Crippen molar-refractivity contribution in [3.05, 3.63) is 52.1 Å². The van der Waals surface area contributed by atoms with Crippen LogP contribution < -0.4 is 0 Å². The molecule has 0 radical (unpaired) electrons. The van der Waals surface area contributed by atoms with Crippen molar-refractivity contribution < 1.29 is 5.11 Å². The van der Waals surface area contributed by atoms with Gasteiger partial charge in [0.25, 0.3) is 0 Å². The van der Waals surface area contributed by atoms with Crippen molar-refractivity contribution in [2.75, 3.05) is 0 Å². The number of hydrogen-bond donors (Lipinski definition) is 2. The summed E-state index contributed by atoms with van der Waals surface area (Å²) in [6.45, 7) is 0. The molecule has 0 atom stereocenters. The van der Waals surface area contributed by atoms with Crippen LogP contribution in [0.25, 0.3) is 22.0 Å². The molecule has 90 valence electrons. The van der Waals surface area contributed by atoms with Crippen molar-refractivity contribution in [2.45, 2.75) is 0 Å². The average Bonchev–Trinajstić information content (AvgIpc) is 2.79. The van der Waals surface area contributed by atoms with Crippen LogP contribution in [-0.2, 0) is 0 Å².